The van der Waals surface area contributed by atoms with Gasteiger partial charge in [0.1, 0.15) is 5.75 Å². The molecule has 2 aromatic carbocycles. The predicted octanol–water partition coefficient (Wildman–Crippen LogP) is 5.38. The molecule has 2 rings (SSSR count). The molecule has 1 amide bonds. The number of carbonyl (C=O) groups excluding carboxylic acids is 1. The van der Waals surface area contributed by atoms with E-state index < -0.39 is 6.10 Å². The summed E-state index contributed by atoms with van der Waals surface area (Å²) in [5, 5.41) is 3.77. The number of aryl methyl sites for hydroxylation is 2. The minimum atomic E-state index is -0.526. The topological polar surface area (TPSA) is 38.3 Å². The third kappa shape index (κ3) is 5.23. The van der Waals surface area contributed by atoms with Crippen LogP contribution < -0.4 is 10.1 Å². The number of hydrogen-bond acceptors (Lipinski definition) is 2. The van der Waals surface area contributed by atoms with Gasteiger partial charge in [0.25, 0.3) is 5.91 Å². The molecule has 0 heterocycles. The molecule has 25 heavy (non-hydrogen) atoms. The Morgan fingerprint density at radius 1 is 1.04 bits per heavy atom. The zero-order valence-corrected chi connectivity index (χ0v) is 16.1. The standard InChI is InChI=1S/C21H26ClNO2/c1-5-19(16-8-7-14(3)15(4)13-16)23-21(24)20(6-2)25-18-11-9-17(22)10-12-18/h7-13,19-20H,5-6H2,1-4H3,(H,23,24). The van der Waals surface area contributed by atoms with E-state index in [0.717, 1.165) is 12.0 Å². The largest absolute Gasteiger partial charge is 0.481 e. The Labute approximate surface area is 155 Å². The van der Waals surface area contributed by atoms with Gasteiger partial charge < -0.3 is 10.1 Å². The van der Waals surface area contributed by atoms with Crippen LogP contribution in [0.3, 0.4) is 0 Å². The lowest BCUT2D eigenvalue weighted by atomic mass is 9.99. The number of rotatable bonds is 7. The monoisotopic (exact) mass is 359 g/mol. The number of carbonyl (C=O) groups is 1. The van der Waals surface area contributed by atoms with Crippen molar-refractivity contribution in [3.05, 3.63) is 64.2 Å². The van der Waals surface area contributed by atoms with E-state index in [4.69, 9.17) is 16.3 Å². The van der Waals surface area contributed by atoms with Gasteiger partial charge in [0, 0.05) is 5.02 Å². The smallest absolute Gasteiger partial charge is 0.261 e. The molecule has 0 aliphatic carbocycles. The molecule has 4 heteroatoms. The van der Waals surface area contributed by atoms with Crippen LogP contribution in [0, 0.1) is 13.8 Å². The molecule has 0 aliphatic rings. The third-order valence-electron chi connectivity index (χ3n) is 4.41. The van der Waals surface area contributed by atoms with E-state index in [2.05, 4.69) is 44.3 Å². The second-order valence-corrected chi connectivity index (χ2v) is 6.72. The molecule has 2 atom stereocenters. The van der Waals surface area contributed by atoms with Gasteiger partial charge in [0.2, 0.25) is 0 Å². The van der Waals surface area contributed by atoms with Gasteiger partial charge in [0.15, 0.2) is 6.10 Å². The van der Waals surface area contributed by atoms with Crippen LogP contribution in [0.15, 0.2) is 42.5 Å². The summed E-state index contributed by atoms with van der Waals surface area (Å²) in [4.78, 5) is 12.7. The van der Waals surface area contributed by atoms with Crippen molar-refractivity contribution in [2.45, 2.75) is 52.7 Å². The summed E-state index contributed by atoms with van der Waals surface area (Å²) >= 11 is 5.89. The number of halogens is 1. The Bertz CT molecular complexity index is 712. The lowest BCUT2D eigenvalue weighted by Gasteiger charge is -2.23. The van der Waals surface area contributed by atoms with Gasteiger partial charge in [-0.05, 0) is 67.6 Å². The predicted molar refractivity (Wildman–Crippen MR) is 103 cm³/mol. The van der Waals surface area contributed by atoms with Crippen molar-refractivity contribution < 1.29 is 9.53 Å². The van der Waals surface area contributed by atoms with E-state index in [1.54, 1.807) is 24.3 Å². The SMILES string of the molecule is CCC(Oc1ccc(Cl)cc1)C(=O)NC(CC)c1ccc(C)c(C)c1. The maximum atomic E-state index is 12.7. The van der Waals surface area contributed by atoms with Gasteiger partial charge >= 0.3 is 0 Å². The Hall–Kier alpha value is -2.00. The van der Waals surface area contributed by atoms with Crippen molar-refractivity contribution >= 4 is 17.5 Å². The first-order valence-corrected chi connectivity index (χ1v) is 9.12. The fourth-order valence-electron chi connectivity index (χ4n) is 2.67. The lowest BCUT2D eigenvalue weighted by Crippen LogP contribution is -2.40. The fraction of sp³-hybridized carbons (Fsp3) is 0.381. The molecular formula is C21H26ClNO2. The molecule has 0 radical (unpaired) electrons. The van der Waals surface area contributed by atoms with E-state index in [0.29, 0.717) is 17.2 Å². The molecule has 0 bridgehead atoms. The summed E-state index contributed by atoms with van der Waals surface area (Å²) in [5.41, 5.74) is 3.61. The summed E-state index contributed by atoms with van der Waals surface area (Å²) in [7, 11) is 0. The molecule has 1 N–H and O–H groups in total. The van der Waals surface area contributed by atoms with Gasteiger partial charge in [-0.2, -0.15) is 0 Å². The summed E-state index contributed by atoms with van der Waals surface area (Å²) in [6.45, 7) is 8.19. The van der Waals surface area contributed by atoms with Crippen molar-refractivity contribution in [1.82, 2.24) is 5.32 Å². The van der Waals surface area contributed by atoms with Crippen LogP contribution in [0.25, 0.3) is 0 Å². The Morgan fingerprint density at radius 2 is 1.72 bits per heavy atom. The second kappa shape index (κ2) is 8.91. The van der Waals surface area contributed by atoms with Gasteiger partial charge in [0.05, 0.1) is 6.04 Å². The second-order valence-electron chi connectivity index (χ2n) is 6.28. The molecule has 0 spiro atoms. The number of amides is 1. The fourth-order valence-corrected chi connectivity index (χ4v) is 2.79. The normalized spacial score (nSPS) is 13.2. The summed E-state index contributed by atoms with van der Waals surface area (Å²) in [6, 6.07) is 13.4. The maximum Gasteiger partial charge on any atom is 0.261 e. The number of nitrogens with one attached hydrogen (secondary N) is 1. The van der Waals surface area contributed by atoms with Crippen molar-refractivity contribution in [2.75, 3.05) is 0 Å². The summed E-state index contributed by atoms with van der Waals surface area (Å²) < 4.78 is 5.83. The number of benzene rings is 2. The van der Waals surface area contributed by atoms with Crippen molar-refractivity contribution in [3.63, 3.8) is 0 Å². The third-order valence-corrected chi connectivity index (χ3v) is 4.67. The summed E-state index contributed by atoms with van der Waals surface area (Å²) in [6.07, 6.45) is 0.894. The zero-order valence-electron chi connectivity index (χ0n) is 15.3. The number of ether oxygens (including phenoxy) is 1. The van der Waals surface area contributed by atoms with E-state index in [1.165, 1.54) is 11.1 Å². The van der Waals surface area contributed by atoms with Crippen molar-refractivity contribution in [2.24, 2.45) is 0 Å². The molecule has 134 valence electrons. The van der Waals surface area contributed by atoms with Crippen LogP contribution in [-0.2, 0) is 4.79 Å². The molecule has 2 unspecified atom stereocenters. The van der Waals surface area contributed by atoms with Crippen molar-refractivity contribution in [3.8, 4) is 5.75 Å². The molecular weight excluding hydrogens is 334 g/mol. The molecule has 0 fully saturated rings. The summed E-state index contributed by atoms with van der Waals surface area (Å²) in [5.74, 6) is 0.549. The van der Waals surface area contributed by atoms with Crippen LogP contribution in [0.1, 0.15) is 49.4 Å². The first-order valence-electron chi connectivity index (χ1n) is 8.74. The van der Waals surface area contributed by atoms with Gasteiger partial charge in [-0.15, -0.1) is 0 Å². The molecule has 0 aromatic heterocycles. The van der Waals surface area contributed by atoms with Crippen LogP contribution in [0.5, 0.6) is 5.75 Å². The minimum Gasteiger partial charge on any atom is -0.481 e. The Balaban J connectivity index is 2.08. The maximum absolute atomic E-state index is 12.7. The lowest BCUT2D eigenvalue weighted by molar-refractivity contribution is -0.128. The Kier molecular flexibility index (Phi) is 6.89. The molecule has 2 aromatic rings. The first kappa shape index (κ1) is 19.3. The average Bonchev–Trinajstić information content (AvgIpc) is 2.61. The van der Waals surface area contributed by atoms with Gasteiger partial charge in [-0.25, -0.2) is 0 Å². The zero-order chi connectivity index (χ0) is 18.4. The molecule has 0 saturated carbocycles. The van der Waals surface area contributed by atoms with Crippen LogP contribution in [0.4, 0.5) is 0 Å². The first-order chi connectivity index (χ1) is 11.9. The van der Waals surface area contributed by atoms with Crippen LogP contribution >= 0.6 is 11.6 Å². The van der Waals surface area contributed by atoms with E-state index >= 15 is 0 Å². The van der Waals surface area contributed by atoms with Gasteiger partial charge in [-0.3, -0.25) is 4.79 Å². The molecule has 0 saturated heterocycles. The molecule has 0 aliphatic heterocycles. The quantitative estimate of drug-likeness (QED) is 0.720. The van der Waals surface area contributed by atoms with Crippen LogP contribution in [0.2, 0.25) is 5.02 Å². The van der Waals surface area contributed by atoms with Crippen LogP contribution in [-0.4, -0.2) is 12.0 Å². The van der Waals surface area contributed by atoms with Gasteiger partial charge in [-0.1, -0.05) is 43.6 Å². The molecule has 3 nitrogen and oxygen atoms in total. The highest BCUT2D eigenvalue weighted by Crippen LogP contribution is 2.21. The highest BCUT2D eigenvalue weighted by molar-refractivity contribution is 6.30. The van der Waals surface area contributed by atoms with E-state index in [9.17, 15) is 4.79 Å². The Morgan fingerprint density at radius 3 is 2.28 bits per heavy atom. The highest BCUT2D eigenvalue weighted by atomic mass is 35.5. The van der Waals surface area contributed by atoms with Crippen molar-refractivity contribution in [1.29, 1.82) is 0 Å². The average molecular weight is 360 g/mol. The van der Waals surface area contributed by atoms with E-state index in [-0.39, 0.29) is 11.9 Å². The highest BCUT2D eigenvalue weighted by Gasteiger charge is 2.22. The minimum absolute atomic E-state index is 0.0188. The number of hydrogen-bond donors (Lipinski definition) is 1. The van der Waals surface area contributed by atoms with E-state index in [1.807, 2.05) is 6.92 Å².